The molecule has 5 aliphatic rings. The van der Waals surface area contributed by atoms with Gasteiger partial charge >= 0.3 is 0 Å². The molecule has 328 valence electrons. The van der Waals surface area contributed by atoms with Gasteiger partial charge in [-0.05, 0) is 126 Å². The van der Waals surface area contributed by atoms with Crippen molar-refractivity contribution in [1.82, 2.24) is 10.6 Å². The molecule has 0 aromatic heterocycles. The Bertz CT molecular complexity index is 1920. The third kappa shape index (κ3) is 8.57. The lowest BCUT2D eigenvalue weighted by atomic mass is 9.37. The summed E-state index contributed by atoms with van der Waals surface area (Å²) in [4.78, 5) is 12.6. The highest BCUT2D eigenvalue weighted by molar-refractivity contribution is 5.75. The van der Waals surface area contributed by atoms with Crippen molar-refractivity contribution in [2.24, 2.45) is 34.5 Å². The number of benzene rings is 1. The minimum atomic E-state index is -1.55. The Kier molecular flexibility index (Phi) is 14.6. The second-order valence-electron chi connectivity index (χ2n) is 18.6. The van der Waals surface area contributed by atoms with E-state index in [4.69, 9.17) is 9.47 Å². The Morgan fingerprint density at radius 3 is 2.62 bits per heavy atom. The lowest BCUT2D eigenvalue weighted by Crippen LogP contribution is -2.72. The zero-order valence-electron chi connectivity index (χ0n) is 36.5. The largest absolute Gasteiger partial charge is 0.396 e. The Hall–Kier alpha value is -3.29. The first-order valence-corrected chi connectivity index (χ1v) is 21.9. The molecule has 10 heteroatoms. The number of carbonyl (C=O) groups is 1. The van der Waals surface area contributed by atoms with Gasteiger partial charge in [-0.3, -0.25) is 10.1 Å². The number of fused-ring (bicyclic) bond motifs is 3. The summed E-state index contributed by atoms with van der Waals surface area (Å²) < 4.78 is 11.1. The van der Waals surface area contributed by atoms with Crippen LogP contribution >= 0.6 is 0 Å². The van der Waals surface area contributed by atoms with Crippen LogP contribution in [0.3, 0.4) is 0 Å². The van der Waals surface area contributed by atoms with Gasteiger partial charge in [0.1, 0.15) is 19.3 Å². The smallest absolute Gasteiger partial charge is 0.145 e. The monoisotopic (exact) mass is 827 g/mol. The molecule has 2 fully saturated rings. The molecule has 1 aromatic carbocycles. The van der Waals surface area contributed by atoms with E-state index in [-0.39, 0.29) is 30.6 Å². The Balaban J connectivity index is 1.37. The number of carbonyl (C=O) groups excluding carboxylic acids is 1. The van der Waals surface area contributed by atoms with Crippen molar-refractivity contribution in [3.8, 4) is 0 Å². The normalized spacial score (nSPS) is 38.1. The second kappa shape index (κ2) is 19.0. The highest BCUT2D eigenvalue weighted by Gasteiger charge is 2.77. The molecule has 0 amide bonds. The van der Waals surface area contributed by atoms with Gasteiger partial charge in [-0.2, -0.15) is 0 Å². The third-order valence-electron chi connectivity index (χ3n) is 15.0. The van der Waals surface area contributed by atoms with Crippen molar-refractivity contribution in [3.05, 3.63) is 118 Å². The number of aldehydes is 1. The maximum atomic E-state index is 13.5. The predicted octanol–water partition coefficient (Wildman–Crippen LogP) is 5.57. The summed E-state index contributed by atoms with van der Waals surface area (Å²) >= 11 is 0. The quantitative estimate of drug-likeness (QED) is 0.0369. The van der Waals surface area contributed by atoms with Gasteiger partial charge in [0, 0.05) is 54.4 Å². The van der Waals surface area contributed by atoms with Crippen LogP contribution in [0.25, 0.3) is 0 Å². The first-order chi connectivity index (χ1) is 28.7. The molecule has 4 aliphatic carbocycles. The molecule has 10 nitrogen and oxygen atoms in total. The van der Waals surface area contributed by atoms with Gasteiger partial charge in [-0.25, -0.2) is 0 Å². The van der Waals surface area contributed by atoms with Gasteiger partial charge in [-0.15, -0.1) is 0 Å². The lowest BCUT2D eigenvalue weighted by molar-refractivity contribution is -0.233. The Morgan fingerprint density at radius 1 is 1.12 bits per heavy atom. The summed E-state index contributed by atoms with van der Waals surface area (Å²) in [5, 5.41) is 65.0. The molecule has 10 atom stereocenters. The van der Waals surface area contributed by atoms with Gasteiger partial charge < -0.3 is 40.3 Å². The highest BCUT2D eigenvalue weighted by Crippen LogP contribution is 2.75. The topological polar surface area (TPSA) is 161 Å². The van der Waals surface area contributed by atoms with Crippen molar-refractivity contribution in [2.75, 3.05) is 47.3 Å². The zero-order valence-corrected chi connectivity index (χ0v) is 36.5. The van der Waals surface area contributed by atoms with E-state index in [9.17, 15) is 30.3 Å². The predicted molar refractivity (Wildman–Crippen MR) is 236 cm³/mol. The summed E-state index contributed by atoms with van der Waals surface area (Å²) in [5.41, 5.74) is 1.47. The van der Waals surface area contributed by atoms with Crippen LogP contribution in [0.5, 0.6) is 0 Å². The maximum absolute atomic E-state index is 13.5. The van der Waals surface area contributed by atoms with Crippen LogP contribution < -0.4 is 10.6 Å². The molecule has 2 saturated carbocycles. The van der Waals surface area contributed by atoms with Crippen molar-refractivity contribution in [3.63, 3.8) is 0 Å². The van der Waals surface area contributed by atoms with Crippen LogP contribution in [-0.4, -0.2) is 102 Å². The number of aliphatic hydroxyl groups excluding tert-OH is 3. The molecular weight excluding hydrogens is 757 g/mol. The fraction of sp³-hybridized carbons (Fsp3) is 0.580. The molecule has 60 heavy (non-hydrogen) atoms. The average molecular weight is 827 g/mol. The minimum Gasteiger partial charge on any atom is -0.396 e. The first-order valence-electron chi connectivity index (χ1n) is 21.9. The standard InChI is InChI=1S/C50H70N2O8/c1-34(39-14-13-35(2)45(56)52-46(4,23-26-59-6)29-38-11-8-10-37(27-38)28-39)9-7-12-41(32-60-33-55)42-16-18-49-44-43(36(3)31-54)40(30-48(49,57)21-24-51-5)15-17-47(44,22-25-53)19-20-50(42,49)58/h7-13,15,17,19-20,27,31,39-40,42,44-45,51-53,55-58H,1,14,16,18,21-26,28-30,32-33H2,2-6H3/b9-7+,35-13+,41-12-,43-36-/t39-,40+,42-,44-,45+,46-,47-,48+,49-,50+/m0/s1. The van der Waals surface area contributed by atoms with Gasteiger partial charge in [0.25, 0.3) is 0 Å². The van der Waals surface area contributed by atoms with Gasteiger partial charge in [0.05, 0.1) is 17.8 Å². The van der Waals surface area contributed by atoms with Gasteiger partial charge in [-0.1, -0.05) is 90.6 Å². The molecular formula is C50H70N2O8. The molecule has 1 spiro atoms. The van der Waals surface area contributed by atoms with Crippen molar-refractivity contribution in [1.29, 1.82) is 0 Å². The number of rotatable bonds is 16. The molecule has 0 radical (unpaired) electrons. The van der Waals surface area contributed by atoms with E-state index in [1.54, 1.807) is 7.11 Å². The highest BCUT2D eigenvalue weighted by atomic mass is 16.6. The summed E-state index contributed by atoms with van der Waals surface area (Å²) in [6, 6.07) is 8.63. The fourth-order valence-electron chi connectivity index (χ4n) is 12.0. The van der Waals surface area contributed by atoms with Crippen LogP contribution in [0.15, 0.2) is 107 Å². The first kappa shape index (κ1) is 46.2. The second-order valence-corrected chi connectivity index (χ2v) is 18.6. The van der Waals surface area contributed by atoms with Crippen LogP contribution in [0, 0.1) is 34.5 Å². The molecule has 1 aromatic rings. The number of methoxy groups -OCH3 is 1. The van der Waals surface area contributed by atoms with Gasteiger partial charge in [0.15, 0.2) is 0 Å². The van der Waals surface area contributed by atoms with E-state index < -0.39 is 46.9 Å². The van der Waals surface area contributed by atoms with E-state index in [0.717, 1.165) is 47.8 Å². The van der Waals surface area contributed by atoms with E-state index in [1.807, 2.05) is 51.3 Å². The molecule has 7 N–H and O–H groups in total. The molecule has 4 bridgehead atoms. The van der Waals surface area contributed by atoms with Crippen LogP contribution in [0.2, 0.25) is 0 Å². The van der Waals surface area contributed by atoms with Crippen molar-refractivity contribution < 1.29 is 39.8 Å². The van der Waals surface area contributed by atoms with Crippen molar-refractivity contribution in [2.45, 2.75) is 102 Å². The molecule has 6 rings (SSSR count). The van der Waals surface area contributed by atoms with Crippen LogP contribution in [0.4, 0.5) is 0 Å². The third-order valence-corrected chi connectivity index (χ3v) is 15.0. The number of ether oxygens (including phenoxy) is 2. The number of allylic oxidation sites excluding steroid dienone is 10. The van der Waals surface area contributed by atoms with Gasteiger partial charge in [0.2, 0.25) is 0 Å². The average Bonchev–Trinajstić information content (AvgIpc) is 3.55. The minimum absolute atomic E-state index is 0.0336. The van der Waals surface area contributed by atoms with E-state index in [2.05, 4.69) is 66.6 Å². The summed E-state index contributed by atoms with van der Waals surface area (Å²) in [7, 11) is 3.56. The molecule has 1 heterocycles. The number of aliphatic hydroxyl groups is 5. The van der Waals surface area contributed by atoms with Crippen LogP contribution in [-0.2, 0) is 27.1 Å². The molecule has 0 unspecified atom stereocenters. The summed E-state index contributed by atoms with van der Waals surface area (Å²) in [6.45, 7) is 11.0. The van der Waals surface area contributed by atoms with Crippen molar-refractivity contribution >= 4 is 6.29 Å². The SMILES string of the molecule is C=C(/C=C/C=C(/COCO)[C@@H]1CC[C@@]23[C@H]4/C(=C(/C)C=O)[C@H](C=C[C@@]4(CCO)C=C[C@@]12O)C[C@]3(O)CCNC)[C@H]1C/C=C(\C)[C@@H](O)N[C@@](C)(CCOC)Cc2cccc(c2)C1. The maximum Gasteiger partial charge on any atom is 0.145 e. The Morgan fingerprint density at radius 2 is 1.90 bits per heavy atom. The molecule has 0 saturated heterocycles. The summed E-state index contributed by atoms with van der Waals surface area (Å²) in [6.07, 6.45) is 21.3. The lowest BCUT2D eigenvalue weighted by Gasteiger charge is -2.68. The Labute approximate surface area is 357 Å². The molecule has 1 aliphatic heterocycles. The number of nitrogens with one attached hydrogen (secondary N) is 2. The number of hydrogen-bond donors (Lipinski definition) is 7. The van der Waals surface area contributed by atoms with E-state index >= 15 is 0 Å². The van der Waals surface area contributed by atoms with E-state index in [0.29, 0.717) is 57.2 Å². The fourth-order valence-corrected chi connectivity index (χ4v) is 12.0. The van der Waals surface area contributed by atoms with E-state index in [1.165, 1.54) is 11.1 Å². The van der Waals surface area contributed by atoms with Crippen LogP contribution in [0.1, 0.15) is 76.8 Å². The number of hydrogen-bond acceptors (Lipinski definition) is 10. The zero-order chi connectivity index (χ0) is 43.3. The summed E-state index contributed by atoms with van der Waals surface area (Å²) in [5.74, 6) is -1.04.